The van der Waals surface area contributed by atoms with E-state index in [1.807, 2.05) is 0 Å². The summed E-state index contributed by atoms with van der Waals surface area (Å²) in [5, 5.41) is 0.000000000000000222. The molecular weight excluding hydrogens is 369 g/mol. The van der Waals surface area contributed by atoms with Gasteiger partial charge >= 0.3 is 22.4 Å². The molecule has 0 aromatic carbocycles. The van der Waals surface area contributed by atoms with Gasteiger partial charge in [-0.05, 0) is 12.2 Å². The van der Waals surface area contributed by atoms with Gasteiger partial charge in [-0.15, -0.1) is 10.2 Å². The Morgan fingerprint density at radius 3 is 1.10 bits per heavy atom. The van der Waals surface area contributed by atoms with Crippen molar-refractivity contribution in [2.24, 2.45) is 11.5 Å². The van der Waals surface area contributed by atoms with E-state index in [4.69, 9.17) is 18.6 Å². The van der Waals surface area contributed by atoms with Crippen molar-refractivity contribution in [3.8, 4) is 0 Å². The van der Waals surface area contributed by atoms with Gasteiger partial charge in [0, 0.05) is 0 Å². The van der Waals surface area contributed by atoms with Crippen LogP contribution in [0.25, 0.3) is 0 Å². The largest absolute Gasteiger partial charge is 1.00 e. The average molecular weight is 373 g/mol. The first kappa shape index (κ1) is 16.9. The van der Waals surface area contributed by atoms with Crippen LogP contribution in [-0.2, 0) is 22.4 Å². The van der Waals surface area contributed by atoms with E-state index in [0.717, 1.165) is 0 Å². The van der Waals surface area contributed by atoms with Crippen LogP contribution in [0.1, 0.15) is 0 Å². The number of rotatable bonds is 0. The minimum absolute atomic E-state index is 0. The fourth-order valence-corrected chi connectivity index (χ4v) is 0. The molecule has 0 aromatic heterocycles. The first-order valence-electron chi connectivity index (χ1n) is 1.40. The SMILES string of the molecule is NC(N)=S.[Au+].[O-][Cl+3]([O-])([O-])[O-]. The molecule has 0 aliphatic carbocycles. The Morgan fingerprint density at radius 2 is 1.10 bits per heavy atom. The first-order chi connectivity index (χ1) is 3.73. The van der Waals surface area contributed by atoms with Gasteiger partial charge in [0.15, 0.2) is 5.11 Å². The van der Waals surface area contributed by atoms with E-state index in [0.29, 0.717) is 0 Å². The molecule has 9 heteroatoms. The minimum Gasteiger partial charge on any atom is -0.377 e. The molecule has 0 aliphatic rings. The van der Waals surface area contributed by atoms with Gasteiger partial charge in [0.25, 0.3) is 0 Å². The molecule has 0 spiro atoms. The molecule has 0 aromatic rings. The summed E-state index contributed by atoms with van der Waals surface area (Å²) in [6, 6.07) is 0. The average Bonchev–Trinajstić information content (AvgIpc) is 1.19. The van der Waals surface area contributed by atoms with E-state index in [-0.39, 0.29) is 27.5 Å². The van der Waals surface area contributed by atoms with Gasteiger partial charge in [0.2, 0.25) is 0 Å². The van der Waals surface area contributed by atoms with Crippen molar-refractivity contribution in [1.29, 1.82) is 0 Å². The van der Waals surface area contributed by atoms with E-state index in [2.05, 4.69) is 23.7 Å². The molecule has 10 heavy (non-hydrogen) atoms. The van der Waals surface area contributed by atoms with Gasteiger partial charge in [0.1, 0.15) is 0 Å². The maximum Gasteiger partial charge on any atom is 1.00 e. The summed E-state index contributed by atoms with van der Waals surface area (Å²) in [7, 11) is -4.94. The third kappa shape index (κ3) is 1560. The van der Waals surface area contributed by atoms with Crippen molar-refractivity contribution >= 4 is 17.3 Å². The Hall–Kier alpha value is 0.560. The first-order valence-corrected chi connectivity index (χ1v) is 3.04. The van der Waals surface area contributed by atoms with Crippen molar-refractivity contribution < 1.29 is 51.3 Å². The normalized spacial score (nSPS) is 8.40. The minimum atomic E-state index is -4.94. The van der Waals surface area contributed by atoms with Crippen LogP contribution >= 0.6 is 12.2 Å². The van der Waals surface area contributed by atoms with Gasteiger partial charge in [-0.3, -0.25) is 0 Å². The van der Waals surface area contributed by atoms with Crippen molar-refractivity contribution in [1.82, 2.24) is 0 Å². The zero-order valence-electron chi connectivity index (χ0n) is 4.38. The number of nitrogens with two attached hydrogens (primary N) is 2. The smallest absolute Gasteiger partial charge is 0.377 e. The topological polar surface area (TPSA) is 144 Å². The molecule has 0 fully saturated rings. The van der Waals surface area contributed by atoms with Gasteiger partial charge in [-0.1, -0.05) is 0 Å². The summed E-state index contributed by atoms with van der Waals surface area (Å²) in [6.45, 7) is 0. The molecular formula is CH4AuClN2O4S. The number of hydrogen-bond donors (Lipinski definition) is 2. The van der Waals surface area contributed by atoms with Crippen molar-refractivity contribution in [3.63, 3.8) is 0 Å². The van der Waals surface area contributed by atoms with Gasteiger partial charge < -0.3 is 11.5 Å². The molecule has 0 saturated heterocycles. The van der Waals surface area contributed by atoms with E-state index >= 15 is 0 Å². The molecule has 0 amide bonds. The quantitative estimate of drug-likeness (QED) is 0.319. The van der Waals surface area contributed by atoms with E-state index in [9.17, 15) is 0 Å². The standard InChI is InChI=1S/CH4N2S.Au.ClHO4/c2-1(3)4;;2-1(3,4)5/h(H4,2,3,4);;(H,2,3,4,5)/q;+1;/p-1. The molecule has 0 rings (SSSR count). The van der Waals surface area contributed by atoms with Gasteiger partial charge in [-0.2, -0.15) is 0 Å². The van der Waals surface area contributed by atoms with Crippen LogP contribution in [0.15, 0.2) is 0 Å². The van der Waals surface area contributed by atoms with Crippen LogP contribution in [0, 0.1) is 10.2 Å². The fraction of sp³-hybridized carbons (Fsp3) is 0. The maximum atomic E-state index is 8.49. The van der Waals surface area contributed by atoms with Gasteiger partial charge in [-0.25, -0.2) is 18.6 Å². The Labute approximate surface area is 80.1 Å². The van der Waals surface area contributed by atoms with E-state index < -0.39 is 10.2 Å². The molecule has 0 bridgehead atoms. The second-order valence-corrected chi connectivity index (χ2v) is 2.01. The Bertz CT molecular complexity index is 85.7. The molecule has 4 N–H and O–H groups in total. The van der Waals surface area contributed by atoms with Crippen LogP contribution < -0.4 is 30.1 Å². The third-order valence-corrected chi connectivity index (χ3v) is 0. The van der Waals surface area contributed by atoms with Crippen LogP contribution in [-0.4, -0.2) is 5.11 Å². The van der Waals surface area contributed by atoms with Crippen molar-refractivity contribution in [2.75, 3.05) is 0 Å². The second kappa shape index (κ2) is 7.66. The summed E-state index contributed by atoms with van der Waals surface area (Å²) in [6.07, 6.45) is 0. The number of hydrogen-bond acceptors (Lipinski definition) is 5. The summed E-state index contributed by atoms with van der Waals surface area (Å²) in [4.78, 5) is 0. The van der Waals surface area contributed by atoms with E-state index in [1.165, 1.54) is 0 Å². The molecule has 0 radical (unpaired) electrons. The van der Waals surface area contributed by atoms with E-state index in [1.54, 1.807) is 0 Å². The summed E-state index contributed by atoms with van der Waals surface area (Å²) < 4.78 is 34.0. The number of halogens is 1. The number of thiocarbonyl (C=S) groups is 1. The fourth-order valence-electron chi connectivity index (χ4n) is 0. The Morgan fingerprint density at radius 1 is 1.10 bits per heavy atom. The summed E-state index contributed by atoms with van der Waals surface area (Å²) >= 11 is 4.09. The molecule has 6 nitrogen and oxygen atoms in total. The van der Waals surface area contributed by atoms with Gasteiger partial charge in [0.05, 0.1) is 0 Å². The molecule has 0 aliphatic heterocycles. The maximum absolute atomic E-state index is 8.49. The Kier molecular flexibility index (Phi) is 12.9. The van der Waals surface area contributed by atoms with Crippen LogP contribution in [0.4, 0.5) is 0 Å². The predicted octanol–water partition coefficient (Wildman–Crippen LogP) is -5.57. The Balaban J connectivity index is -0.0000000910. The zero-order valence-corrected chi connectivity index (χ0v) is 8.11. The molecule has 0 unspecified atom stereocenters. The molecule has 0 heterocycles. The predicted molar refractivity (Wildman–Crippen MR) is 21.0 cm³/mol. The molecule has 66 valence electrons. The monoisotopic (exact) mass is 372 g/mol. The van der Waals surface area contributed by atoms with Crippen LogP contribution in [0.5, 0.6) is 0 Å². The van der Waals surface area contributed by atoms with Crippen LogP contribution in [0.3, 0.4) is 0 Å². The third-order valence-electron chi connectivity index (χ3n) is 0. The molecule has 0 saturated carbocycles. The summed E-state index contributed by atoms with van der Waals surface area (Å²) in [5.74, 6) is 0. The van der Waals surface area contributed by atoms with Crippen LogP contribution in [0.2, 0.25) is 0 Å². The summed E-state index contributed by atoms with van der Waals surface area (Å²) in [5.41, 5.74) is 9.24. The van der Waals surface area contributed by atoms with Crippen molar-refractivity contribution in [3.05, 3.63) is 0 Å². The zero-order chi connectivity index (χ0) is 8.08. The molecule has 0 atom stereocenters. The second-order valence-electron chi connectivity index (χ2n) is 0.780. The van der Waals surface area contributed by atoms with Crippen molar-refractivity contribution in [2.45, 2.75) is 0 Å².